The lowest BCUT2D eigenvalue weighted by atomic mass is 10.3. The van der Waals surface area contributed by atoms with E-state index < -0.39 is 4.92 Å². The summed E-state index contributed by atoms with van der Waals surface area (Å²) in [5, 5.41) is 25.8. The molecule has 0 bridgehead atoms. The zero-order valence-electron chi connectivity index (χ0n) is 13.1. The first kappa shape index (κ1) is 17.8. The number of non-ortho nitro benzene ring substituents is 1. The molecule has 0 unspecified atom stereocenters. The third-order valence-corrected chi connectivity index (χ3v) is 4.38. The maximum Gasteiger partial charge on any atom is 0.269 e. The molecule has 0 aliphatic rings. The van der Waals surface area contributed by atoms with Crippen LogP contribution in [0.15, 0.2) is 53.7 Å². The highest BCUT2D eigenvalue weighted by atomic mass is 35.5. The number of hydrogen-bond acceptors (Lipinski definition) is 7. The lowest BCUT2D eigenvalue weighted by Gasteiger charge is -2.06. The van der Waals surface area contributed by atoms with E-state index in [0.717, 1.165) is 17.4 Å². The second-order valence-electron chi connectivity index (χ2n) is 4.99. The van der Waals surface area contributed by atoms with Crippen LogP contribution in [0.3, 0.4) is 0 Å². The van der Waals surface area contributed by atoms with Crippen molar-refractivity contribution in [2.24, 2.45) is 0 Å². The van der Waals surface area contributed by atoms with Crippen molar-refractivity contribution in [3.8, 4) is 5.69 Å². The van der Waals surface area contributed by atoms with Gasteiger partial charge in [0, 0.05) is 22.8 Å². The first-order valence-electron chi connectivity index (χ1n) is 7.24. The molecule has 11 heteroatoms. The molecule has 1 heterocycles. The van der Waals surface area contributed by atoms with E-state index in [1.54, 1.807) is 24.3 Å². The highest BCUT2D eigenvalue weighted by molar-refractivity contribution is 7.99. The Hall–Kier alpha value is -2.98. The van der Waals surface area contributed by atoms with Gasteiger partial charge in [0.25, 0.3) is 5.69 Å². The number of aromatic nitrogens is 4. The average Bonchev–Trinajstić information content (AvgIpc) is 3.09. The van der Waals surface area contributed by atoms with Gasteiger partial charge >= 0.3 is 0 Å². The first-order valence-corrected chi connectivity index (χ1v) is 8.61. The smallest absolute Gasteiger partial charge is 0.269 e. The maximum atomic E-state index is 12.1. The number of nitrogens with one attached hydrogen (secondary N) is 1. The van der Waals surface area contributed by atoms with Crippen molar-refractivity contribution in [3.05, 3.63) is 63.7 Å². The number of nitro benzene ring substituents is 1. The first-order chi connectivity index (χ1) is 12.5. The van der Waals surface area contributed by atoms with E-state index in [-0.39, 0.29) is 17.3 Å². The quantitative estimate of drug-likeness (QED) is 0.390. The number of carbonyl (C=O) groups excluding carboxylic acids is 1. The van der Waals surface area contributed by atoms with Crippen molar-refractivity contribution in [2.75, 3.05) is 11.1 Å². The Kier molecular flexibility index (Phi) is 5.44. The van der Waals surface area contributed by atoms with Gasteiger partial charge in [0.2, 0.25) is 11.1 Å². The Morgan fingerprint density at radius 1 is 1.19 bits per heavy atom. The summed E-state index contributed by atoms with van der Waals surface area (Å²) < 4.78 is 1.50. The zero-order chi connectivity index (χ0) is 18.5. The molecule has 0 radical (unpaired) electrons. The largest absolute Gasteiger partial charge is 0.325 e. The summed E-state index contributed by atoms with van der Waals surface area (Å²) in [6.45, 7) is 0. The zero-order valence-corrected chi connectivity index (χ0v) is 14.6. The predicted molar refractivity (Wildman–Crippen MR) is 96.6 cm³/mol. The summed E-state index contributed by atoms with van der Waals surface area (Å²) in [6, 6.07) is 12.5. The second-order valence-corrected chi connectivity index (χ2v) is 6.37. The number of hydrogen-bond donors (Lipinski definition) is 1. The van der Waals surface area contributed by atoms with Crippen LogP contribution < -0.4 is 5.32 Å². The molecule has 132 valence electrons. The van der Waals surface area contributed by atoms with Gasteiger partial charge in [0.15, 0.2) is 0 Å². The maximum absolute atomic E-state index is 12.1. The summed E-state index contributed by atoms with van der Waals surface area (Å²) in [5.74, 6) is -0.209. The molecule has 9 nitrogen and oxygen atoms in total. The molecule has 0 saturated heterocycles. The van der Waals surface area contributed by atoms with Gasteiger partial charge in [-0.2, -0.15) is 4.68 Å². The highest BCUT2D eigenvalue weighted by Gasteiger charge is 2.12. The van der Waals surface area contributed by atoms with Crippen LogP contribution in [0.25, 0.3) is 5.69 Å². The standard InChI is InChI=1S/C15H11ClN6O3S/c16-10-1-5-12(6-2-10)21-15(18-19-20-21)26-9-14(23)17-11-3-7-13(8-4-11)22(24)25/h1-8H,9H2,(H,17,23). The van der Waals surface area contributed by atoms with Gasteiger partial charge in [-0.15, -0.1) is 5.10 Å². The summed E-state index contributed by atoms with van der Waals surface area (Å²) in [7, 11) is 0. The number of benzene rings is 2. The summed E-state index contributed by atoms with van der Waals surface area (Å²) in [4.78, 5) is 22.2. The fourth-order valence-corrected chi connectivity index (χ4v) is 2.82. The van der Waals surface area contributed by atoms with Crippen LogP contribution in [0.2, 0.25) is 5.02 Å². The Morgan fingerprint density at radius 3 is 2.54 bits per heavy atom. The fourth-order valence-electron chi connectivity index (χ4n) is 2.01. The van der Waals surface area contributed by atoms with Crippen LogP contribution in [-0.2, 0) is 4.79 Å². The van der Waals surface area contributed by atoms with Gasteiger partial charge in [-0.1, -0.05) is 23.4 Å². The van der Waals surface area contributed by atoms with Crippen LogP contribution >= 0.6 is 23.4 Å². The number of carbonyl (C=O) groups is 1. The van der Waals surface area contributed by atoms with Gasteiger partial charge < -0.3 is 5.32 Å². The molecule has 3 aromatic rings. The average molecular weight is 391 g/mol. The van der Waals surface area contributed by atoms with E-state index in [9.17, 15) is 14.9 Å². The fraction of sp³-hybridized carbons (Fsp3) is 0.0667. The third-order valence-electron chi connectivity index (χ3n) is 3.21. The van der Waals surface area contributed by atoms with E-state index in [4.69, 9.17) is 11.6 Å². The van der Waals surface area contributed by atoms with E-state index in [1.165, 1.54) is 28.9 Å². The van der Waals surface area contributed by atoms with Crippen LogP contribution in [0.5, 0.6) is 0 Å². The summed E-state index contributed by atoms with van der Waals surface area (Å²) in [6.07, 6.45) is 0. The minimum Gasteiger partial charge on any atom is -0.325 e. The normalized spacial score (nSPS) is 10.5. The lowest BCUT2D eigenvalue weighted by molar-refractivity contribution is -0.384. The number of nitro groups is 1. The number of anilines is 1. The number of halogens is 1. The van der Waals surface area contributed by atoms with Crippen molar-refractivity contribution in [1.29, 1.82) is 0 Å². The number of nitrogens with zero attached hydrogens (tertiary/aromatic N) is 5. The van der Waals surface area contributed by atoms with Crippen molar-refractivity contribution in [2.45, 2.75) is 5.16 Å². The van der Waals surface area contributed by atoms with Gasteiger partial charge in [0.05, 0.1) is 16.4 Å². The number of thioether (sulfide) groups is 1. The van der Waals surface area contributed by atoms with Crippen molar-refractivity contribution in [1.82, 2.24) is 20.2 Å². The molecule has 1 amide bonds. The van der Waals surface area contributed by atoms with Gasteiger partial charge in [-0.3, -0.25) is 14.9 Å². The lowest BCUT2D eigenvalue weighted by Crippen LogP contribution is -2.14. The number of rotatable bonds is 6. The molecule has 2 aromatic carbocycles. The van der Waals surface area contributed by atoms with Gasteiger partial charge in [0.1, 0.15) is 0 Å². The number of amides is 1. The molecule has 0 saturated carbocycles. The van der Waals surface area contributed by atoms with E-state index in [0.29, 0.717) is 15.9 Å². The van der Waals surface area contributed by atoms with Gasteiger partial charge in [-0.05, 0) is 46.8 Å². The minimum atomic E-state index is -0.502. The monoisotopic (exact) mass is 390 g/mol. The molecule has 0 fully saturated rings. The topological polar surface area (TPSA) is 116 Å². The van der Waals surface area contributed by atoms with Crippen LogP contribution in [0.1, 0.15) is 0 Å². The Morgan fingerprint density at radius 2 is 1.88 bits per heavy atom. The second kappa shape index (κ2) is 7.93. The van der Waals surface area contributed by atoms with Gasteiger partial charge in [-0.25, -0.2) is 0 Å². The molecule has 1 N–H and O–H groups in total. The molecular weight excluding hydrogens is 380 g/mol. The Bertz CT molecular complexity index is 929. The summed E-state index contributed by atoms with van der Waals surface area (Å²) >= 11 is 7.03. The van der Waals surface area contributed by atoms with Crippen LogP contribution in [0.4, 0.5) is 11.4 Å². The molecule has 0 aliphatic carbocycles. The third kappa shape index (κ3) is 4.35. The van der Waals surface area contributed by atoms with Crippen LogP contribution in [-0.4, -0.2) is 36.8 Å². The van der Waals surface area contributed by atoms with E-state index in [1.807, 2.05) is 0 Å². The SMILES string of the molecule is O=C(CSc1nnnn1-c1ccc(Cl)cc1)Nc1ccc([N+](=O)[O-])cc1. The summed E-state index contributed by atoms with van der Waals surface area (Å²) in [5.41, 5.74) is 1.15. The van der Waals surface area contributed by atoms with E-state index in [2.05, 4.69) is 20.8 Å². The molecule has 0 spiro atoms. The molecule has 0 aliphatic heterocycles. The van der Waals surface area contributed by atoms with E-state index >= 15 is 0 Å². The van der Waals surface area contributed by atoms with Crippen molar-refractivity contribution < 1.29 is 9.72 Å². The van der Waals surface area contributed by atoms with Crippen molar-refractivity contribution >= 4 is 40.6 Å². The Balaban J connectivity index is 1.61. The van der Waals surface area contributed by atoms with Crippen LogP contribution in [0, 0.1) is 10.1 Å². The molecule has 1 aromatic heterocycles. The molecule has 0 atom stereocenters. The minimum absolute atomic E-state index is 0.0421. The number of tetrazole rings is 1. The molecular formula is C15H11ClN6O3S. The van der Waals surface area contributed by atoms with Crippen molar-refractivity contribution in [3.63, 3.8) is 0 Å². The molecule has 26 heavy (non-hydrogen) atoms. The molecule has 3 rings (SSSR count). The predicted octanol–water partition coefficient (Wildman–Crippen LogP) is 2.95. The highest BCUT2D eigenvalue weighted by Crippen LogP contribution is 2.20. The Labute approximate surface area is 156 Å².